The van der Waals surface area contributed by atoms with E-state index in [9.17, 15) is 0 Å². The van der Waals surface area contributed by atoms with Crippen molar-refractivity contribution in [3.05, 3.63) is 36.0 Å². The molecular formula is C9H8IN3. The summed E-state index contributed by atoms with van der Waals surface area (Å²) in [5.74, 6) is 0. The van der Waals surface area contributed by atoms with E-state index in [4.69, 9.17) is 0 Å². The van der Waals surface area contributed by atoms with Crippen LogP contribution in [0.2, 0.25) is 0 Å². The SMILES string of the molecule is Cc1c(-c2ccccc2)nnn1I. The first-order valence-corrected chi connectivity index (χ1v) is 4.89. The zero-order chi connectivity index (χ0) is 9.26. The van der Waals surface area contributed by atoms with Gasteiger partial charge in [0.15, 0.2) is 0 Å². The molecule has 0 saturated heterocycles. The van der Waals surface area contributed by atoms with Gasteiger partial charge in [-0.05, 0) is 6.92 Å². The van der Waals surface area contributed by atoms with Gasteiger partial charge in [-0.25, -0.2) is 0 Å². The van der Waals surface area contributed by atoms with Gasteiger partial charge < -0.3 is 0 Å². The minimum Gasteiger partial charge on any atom is -0.188 e. The number of benzene rings is 1. The smallest absolute Gasteiger partial charge is 0.116 e. The van der Waals surface area contributed by atoms with Crippen molar-refractivity contribution in [3.63, 3.8) is 0 Å². The molecule has 1 aromatic heterocycles. The number of hydrogen-bond donors (Lipinski definition) is 0. The van der Waals surface area contributed by atoms with Gasteiger partial charge in [-0.2, -0.15) is 2.90 Å². The topological polar surface area (TPSA) is 30.7 Å². The maximum Gasteiger partial charge on any atom is 0.116 e. The highest BCUT2D eigenvalue weighted by Gasteiger charge is 2.07. The molecule has 2 aromatic rings. The molecule has 0 bridgehead atoms. The van der Waals surface area contributed by atoms with E-state index in [0.29, 0.717) is 0 Å². The zero-order valence-corrected chi connectivity index (χ0v) is 9.26. The van der Waals surface area contributed by atoms with Crippen LogP contribution in [0.25, 0.3) is 11.3 Å². The van der Waals surface area contributed by atoms with E-state index in [0.717, 1.165) is 17.0 Å². The molecule has 2 rings (SSSR count). The summed E-state index contributed by atoms with van der Waals surface area (Å²) in [4.78, 5) is 0. The minimum absolute atomic E-state index is 0.954. The summed E-state index contributed by atoms with van der Waals surface area (Å²) in [5, 5.41) is 8.04. The van der Waals surface area contributed by atoms with Crippen molar-refractivity contribution >= 4 is 22.9 Å². The summed E-state index contributed by atoms with van der Waals surface area (Å²) in [6.45, 7) is 2.01. The average molecular weight is 285 g/mol. The van der Waals surface area contributed by atoms with Crippen LogP contribution in [-0.2, 0) is 0 Å². The Labute approximate surface area is 90.3 Å². The Bertz CT molecular complexity index is 408. The second-order valence-electron chi connectivity index (χ2n) is 2.75. The van der Waals surface area contributed by atoms with Gasteiger partial charge >= 0.3 is 0 Å². The Hall–Kier alpha value is -0.910. The summed E-state index contributed by atoms with van der Waals surface area (Å²) in [7, 11) is 0. The van der Waals surface area contributed by atoms with Crippen LogP contribution >= 0.6 is 22.9 Å². The highest BCUT2D eigenvalue weighted by atomic mass is 127. The van der Waals surface area contributed by atoms with E-state index in [1.807, 2.05) is 37.3 Å². The molecule has 66 valence electrons. The molecule has 0 aliphatic carbocycles. The van der Waals surface area contributed by atoms with Crippen LogP contribution < -0.4 is 0 Å². The third-order valence-corrected chi connectivity index (χ3v) is 2.81. The van der Waals surface area contributed by atoms with Crippen molar-refractivity contribution < 1.29 is 0 Å². The van der Waals surface area contributed by atoms with E-state index in [-0.39, 0.29) is 0 Å². The van der Waals surface area contributed by atoms with Gasteiger partial charge in [0.2, 0.25) is 0 Å². The van der Waals surface area contributed by atoms with Gasteiger partial charge in [-0.1, -0.05) is 35.5 Å². The molecule has 1 heterocycles. The molecule has 4 heteroatoms. The number of hydrogen-bond acceptors (Lipinski definition) is 2. The maximum absolute atomic E-state index is 4.09. The zero-order valence-electron chi connectivity index (χ0n) is 7.11. The lowest BCUT2D eigenvalue weighted by Crippen LogP contribution is -1.84. The molecule has 1 aromatic carbocycles. The first-order valence-electron chi connectivity index (χ1n) is 3.93. The molecule has 0 aliphatic heterocycles. The summed E-state index contributed by atoms with van der Waals surface area (Å²) in [6, 6.07) is 10.1. The average Bonchev–Trinajstić information content (AvgIpc) is 2.49. The van der Waals surface area contributed by atoms with Crippen molar-refractivity contribution in [1.29, 1.82) is 0 Å². The fourth-order valence-corrected chi connectivity index (χ4v) is 1.50. The molecule has 0 N–H and O–H groups in total. The Morgan fingerprint density at radius 2 is 1.92 bits per heavy atom. The molecule has 3 nitrogen and oxygen atoms in total. The van der Waals surface area contributed by atoms with Crippen molar-refractivity contribution in [2.24, 2.45) is 0 Å². The predicted molar refractivity (Wildman–Crippen MR) is 59.6 cm³/mol. The molecule has 0 fully saturated rings. The van der Waals surface area contributed by atoms with Crippen LogP contribution in [0.1, 0.15) is 5.69 Å². The third-order valence-electron chi connectivity index (χ3n) is 1.89. The third kappa shape index (κ3) is 1.58. The predicted octanol–water partition coefficient (Wildman–Crippen LogP) is 2.45. The van der Waals surface area contributed by atoms with E-state index >= 15 is 0 Å². The van der Waals surface area contributed by atoms with Gasteiger partial charge in [-0.15, -0.1) is 5.10 Å². The van der Waals surface area contributed by atoms with Crippen molar-refractivity contribution in [2.75, 3.05) is 0 Å². The second-order valence-corrected chi connectivity index (χ2v) is 3.66. The van der Waals surface area contributed by atoms with E-state index in [2.05, 4.69) is 33.2 Å². The van der Waals surface area contributed by atoms with Crippen LogP contribution in [0.15, 0.2) is 30.3 Å². The van der Waals surface area contributed by atoms with Crippen LogP contribution in [0, 0.1) is 6.92 Å². The normalized spacial score (nSPS) is 10.3. The van der Waals surface area contributed by atoms with Crippen molar-refractivity contribution in [1.82, 2.24) is 13.2 Å². The monoisotopic (exact) mass is 285 g/mol. The van der Waals surface area contributed by atoms with Crippen LogP contribution in [-0.4, -0.2) is 13.2 Å². The Morgan fingerprint density at radius 3 is 2.46 bits per heavy atom. The molecule has 0 unspecified atom stereocenters. The number of halogens is 1. The number of rotatable bonds is 1. The summed E-state index contributed by atoms with van der Waals surface area (Å²) >= 11 is 2.11. The van der Waals surface area contributed by atoms with Crippen LogP contribution in [0.3, 0.4) is 0 Å². The molecule has 0 aliphatic rings. The lowest BCUT2D eigenvalue weighted by Gasteiger charge is -1.96. The first kappa shape index (κ1) is 8.68. The van der Waals surface area contributed by atoms with E-state index in [1.54, 1.807) is 2.90 Å². The minimum atomic E-state index is 0.954. The van der Waals surface area contributed by atoms with Crippen LogP contribution in [0.4, 0.5) is 0 Å². The molecular weight excluding hydrogens is 277 g/mol. The fourth-order valence-electron chi connectivity index (χ4n) is 1.17. The molecule has 0 atom stereocenters. The fraction of sp³-hybridized carbons (Fsp3) is 0.111. The quantitative estimate of drug-likeness (QED) is 0.753. The molecule has 0 amide bonds. The summed E-state index contributed by atoms with van der Waals surface area (Å²) in [6.07, 6.45) is 0. The Kier molecular flexibility index (Phi) is 2.30. The largest absolute Gasteiger partial charge is 0.188 e. The lowest BCUT2D eigenvalue weighted by molar-refractivity contribution is 0.906. The molecule has 13 heavy (non-hydrogen) atoms. The van der Waals surface area contributed by atoms with Crippen LogP contribution in [0.5, 0.6) is 0 Å². The van der Waals surface area contributed by atoms with Gasteiger partial charge in [0.1, 0.15) is 5.69 Å². The maximum atomic E-state index is 4.09. The number of nitrogens with zero attached hydrogens (tertiary/aromatic N) is 3. The van der Waals surface area contributed by atoms with Gasteiger partial charge in [0, 0.05) is 5.56 Å². The highest BCUT2D eigenvalue weighted by Crippen LogP contribution is 2.20. The van der Waals surface area contributed by atoms with E-state index < -0.39 is 0 Å². The highest BCUT2D eigenvalue weighted by molar-refractivity contribution is 14.1. The molecule has 0 radical (unpaired) electrons. The summed E-state index contributed by atoms with van der Waals surface area (Å²) in [5.41, 5.74) is 3.14. The van der Waals surface area contributed by atoms with E-state index in [1.165, 1.54) is 0 Å². The second kappa shape index (κ2) is 3.45. The molecule has 0 spiro atoms. The lowest BCUT2D eigenvalue weighted by atomic mass is 10.1. The standard InChI is InChI=1S/C9H8IN3/c1-7-9(11-12-13(7)10)8-5-3-2-4-6-8/h2-6H,1H3. The van der Waals surface area contributed by atoms with Crippen molar-refractivity contribution in [2.45, 2.75) is 6.92 Å². The first-order chi connectivity index (χ1) is 6.29. The number of aromatic nitrogens is 3. The Morgan fingerprint density at radius 1 is 1.23 bits per heavy atom. The molecule has 0 saturated carbocycles. The van der Waals surface area contributed by atoms with Crippen molar-refractivity contribution in [3.8, 4) is 11.3 Å². The van der Waals surface area contributed by atoms with Gasteiger partial charge in [-0.3, -0.25) is 0 Å². The summed E-state index contributed by atoms with van der Waals surface area (Å²) < 4.78 is 1.75. The van der Waals surface area contributed by atoms with Gasteiger partial charge in [0.05, 0.1) is 28.6 Å². The Balaban J connectivity index is 2.53. The van der Waals surface area contributed by atoms with Gasteiger partial charge in [0.25, 0.3) is 0 Å².